The number of rotatable bonds is 5. The van der Waals surface area contributed by atoms with Gasteiger partial charge in [0.25, 0.3) is 5.91 Å². The van der Waals surface area contributed by atoms with Crippen LogP contribution in [0.4, 0.5) is 0 Å². The molecule has 29 heavy (non-hydrogen) atoms. The zero-order valence-corrected chi connectivity index (χ0v) is 17.9. The van der Waals surface area contributed by atoms with E-state index in [0.29, 0.717) is 21.2 Å². The van der Waals surface area contributed by atoms with Crippen LogP contribution in [-0.4, -0.2) is 30.5 Å². The van der Waals surface area contributed by atoms with Gasteiger partial charge in [0.1, 0.15) is 5.69 Å². The van der Waals surface area contributed by atoms with E-state index in [2.05, 4.69) is 15.3 Å². The summed E-state index contributed by atoms with van der Waals surface area (Å²) in [5, 5.41) is 3.22. The average molecular weight is 450 g/mol. The predicted molar refractivity (Wildman–Crippen MR) is 113 cm³/mol. The minimum Gasteiger partial charge on any atom is -0.347 e. The smallest absolute Gasteiger partial charge is 0.270 e. The first-order chi connectivity index (χ1) is 13.6. The van der Waals surface area contributed by atoms with Crippen LogP contribution in [0.5, 0.6) is 0 Å². The molecular weight excluding hydrogens is 433 g/mol. The normalized spacial score (nSPS) is 11.3. The minimum atomic E-state index is -3.68. The lowest BCUT2D eigenvalue weighted by molar-refractivity contribution is 0.0945. The molecule has 1 N–H and O–H groups in total. The van der Waals surface area contributed by atoms with Gasteiger partial charge in [-0.3, -0.25) is 4.79 Å². The molecule has 0 saturated heterocycles. The van der Waals surface area contributed by atoms with Gasteiger partial charge in [0.05, 0.1) is 0 Å². The number of nitrogens with zero attached hydrogens (tertiary/aromatic N) is 2. The Morgan fingerprint density at radius 3 is 2.34 bits per heavy atom. The number of carbonyl (C=O) groups excluding carboxylic acids is 1. The molecule has 3 rings (SSSR count). The molecule has 0 spiro atoms. The molecule has 0 radical (unpaired) electrons. The van der Waals surface area contributed by atoms with Crippen LogP contribution in [0.3, 0.4) is 0 Å². The zero-order chi connectivity index (χ0) is 21.2. The van der Waals surface area contributed by atoms with Crippen LogP contribution in [0.2, 0.25) is 10.0 Å². The molecular formula is C20H17Cl2N3O3S. The van der Waals surface area contributed by atoms with E-state index in [1.54, 1.807) is 18.2 Å². The van der Waals surface area contributed by atoms with Crippen molar-refractivity contribution in [2.45, 2.75) is 18.6 Å². The first-order valence-corrected chi connectivity index (χ1v) is 11.2. The van der Waals surface area contributed by atoms with Crippen molar-refractivity contribution < 1.29 is 13.2 Å². The number of sulfone groups is 1. The predicted octanol–water partition coefficient (Wildman–Crippen LogP) is 4.09. The van der Waals surface area contributed by atoms with E-state index in [0.717, 1.165) is 17.4 Å². The average Bonchev–Trinajstić information content (AvgIpc) is 2.64. The Morgan fingerprint density at radius 1 is 1.07 bits per heavy atom. The number of hydrogen-bond donors (Lipinski definition) is 1. The Hall–Kier alpha value is -2.48. The minimum absolute atomic E-state index is 0.0251. The molecule has 0 saturated carbocycles. The molecule has 0 bridgehead atoms. The van der Waals surface area contributed by atoms with Crippen molar-refractivity contribution in [2.75, 3.05) is 6.26 Å². The van der Waals surface area contributed by atoms with Gasteiger partial charge in [-0.1, -0.05) is 47.5 Å². The molecule has 0 fully saturated rings. The number of aryl methyl sites for hydroxylation is 1. The Labute approximate surface area is 178 Å². The number of benzene rings is 2. The summed E-state index contributed by atoms with van der Waals surface area (Å²) in [6.45, 7) is 2.03. The van der Waals surface area contributed by atoms with E-state index in [-0.39, 0.29) is 12.2 Å². The van der Waals surface area contributed by atoms with Gasteiger partial charge in [0, 0.05) is 34.6 Å². The van der Waals surface area contributed by atoms with Gasteiger partial charge < -0.3 is 5.32 Å². The Balaban J connectivity index is 2.00. The molecule has 150 valence electrons. The van der Waals surface area contributed by atoms with Crippen LogP contribution in [0, 0.1) is 6.92 Å². The maximum Gasteiger partial charge on any atom is 0.270 e. The standard InChI is InChI=1S/C20H17Cl2N3O3S/c1-12-5-3-4-6-16(12)17-11-24-20(29(2,27)28)25-18(17)19(26)23-10-13-7-14(21)9-15(22)8-13/h3-9,11H,10H2,1-2H3,(H,23,26). The molecule has 0 atom stereocenters. The summed E-state index contributed by atoms with van der Waals surface area (Å²) in [6.07, 6.45) is 2.35. The monoisotopic (exact) mass is 449 g/mol. The highest BCUT2D eigenvalue weighted by molar-refractivity contribution is 7.90. The number of nitrogens with one attached hydrogen (secondary N) is 1. The highest BCUT2D eigenvalue weighted by Crippen LogP contribution is 2.26. The van der Waals surface area contributed by atoms with E-state index in [4.69, 9.17) is 23.2 Å². The van der Waals surface area contributed by atoms with Crippen molar-refractivity contribution in [3.63, 3.8) is 0 Å². The lowest BCUT2D eigenvalue weighted by Crippen LogP contribution is -2.25. The number of halogens is 2. The lowest BCUT2D eigenvalue weighted by atomic mass is 10.0. The molecule has 0 aliphatic carbocycles. The van der Waals surface area contributed by atoms with Gasteiger partial charge in [-0.2, -0.15) is 0 Å². The van der Waals surface area contributed by atoms with Crippen LogP contribution in [-0.2, 0) is 16.4 Å². The summed E-state index contributed by atoms with van der Waals surface area (Å²) >= 11 is 12.0. The van der Waals surface area contributed by atoms with Crippen LogP contribution >= 0.6 is 23.2 Å². The zero-order valence-electron chi connectivity index (χ0n) is 15.6. The number of aromatic nitrogens is 2. The molecule has 1 amide bonds. The SMILES string of the molecule is Cc1ccccc1-c1cnc(S(C)(=O)=O)nc1C(=O)NCc1cc(Cl)cc(Cl)c1. The number of amides is 1. The van der Waals surface area contributed by atoms with Gasteiger partial charge in [0.2, 0.25) is 15.0 Å². The van der Waals surface area contributed by atoms with Crippen molar-refractivity contribution in [1.29, 1.82) is 0 Å². The van der Waals surface area contributed by atoms with Gasteiger partial charge in [-0.25, -0.2) is 18.4 Å². The molecule has 9 heteroatoms. The summed E-state index contributed by atoms with van der Waals surface area (Å²) < 4.78 is 23.8. The van der Waals surface area contributed by atoms with Crippen LogP contribution in [0.15, 0.2) is 53.8 Å². The van der Waals surface area contributed by atoms with E-state index < -0.39 is 20.9 Å². The van der Waals surface area contributed by atoms with E-state index in [1.807, 2.05) is 31.2 Å². The van der Waals surface area contributed by atoms with Crippen LogP contribution in [0.25, 0.3) is 11.1 Å². The Bertz CT molecular complexity index is 1180. The summed E-state index contributed by atoms with van der Waals surface area (Å²) in [6, 6.07) is 12.3. The fourth-order valence-corrected chi connectivity index (χ4v) is 3.84. The Morgan fingerprint density at radius 2 is 1.72 bits per heavy atom. The van der Waals surface area contributed by atoms with Gasteiger partial charge in [-0.05, 0) is 41.8 Å². The molecule has 0 aliphatic rings. The van der Waals surface area contributed by atoms with Crippen molar-refractivity contribution in [1.82, 2.24) is 15.3 Å². The number of hydrogen-bond acceptors (Lipinski definition) is 5. The fourth-order valence-electron chi connectivity index (χ4n) is 2.77. The topological polar surface area (TPSA) is 89.0 Å². The third-order valence-electron chi connectivity index (χ3n) is 4.12. The van der Waals surface area contributed by atoms with E-state index in [1.165, 1.54) is 6.20 Å². The van der Waals surface area contributed by atoms with E-state index in [9.17, 15) is 13.2 Å². The van der Waals surface area contributed by atoms with Crippen molar-refractivity contribution in [3.05, 3.63) is 75.5 Å². The van der Waals surface area contributed by atoms with Crippen molar-refractivity contribution in [2.24, 2.45) is 0 Å². The molecule has 1 heterocycles. The molecule has 0 unspecified atom stereocenters. The molecule has 1 aromatic heterocycles. The summed E-state index contributed by atoms with van der Waals surface area (Å²) in [4.78, 5) is 20.9. The van der Waals surface area contributed by atoms with Crippen LogP contribution in [0.1, 0.15) is 21.6 Å². The van der Waals surface area contributed by atoms with E-state index >= 15 is 0 Å². The third kappa shape index (κ3) is 5.12. The van der Waals surface area contributed by atoms with Gasteiger partial charge in [-0.15, -0.1) is 0 Å². The molecule has 3 aromatic rings. The van der Waals surface area contributed by atoms with Crippen LogP contribution < -0.4 is 5.32 Å². The second kappa shape index (κ2) is 8.49. The third-order valence-corrected chi connectivity index (χ3v) is 5.42. The highest BCUT2D eigenvalue weighted by Gasteiger charge is 2.21. The second-order valence-corrected chi connectivity index (χ2v) is 9.24. The first-order valence-electron chi connectivity index (χ1n) is 8.51. The lowest BCUT2D eigenvalue weighted by Gasteiger charge is -2.12. The molecule has 2 aromatic carbocycles. The number of carbonyl (C=O) groups is 1. The Kier molecular flexibility index (Phi) is 6.21. The van der Waals surface area contributed by atoms with Crippen molar-refractivity contribution >= 4 is 38.9 Å². The fraction of sp³-hybridized carbons (Fsp3) is 0.150. The second-order valence-electron chi connectivity index (χ2n) is 6.46. The summed E-state index contributed by atoms with van der Waals surface area (Å²) in [7, 11) is -3.68. The maximum absolute atomic E-state index is 12.9. The molecule has 0 aliphatic heterocycles. The van der Waals surface area contributed by atoms with Crippen molar-refractivity contribution in [3.8, 4) is 11.1 Å². The van der Waals surface area contributed by atoms with Gasteiger partial charge in [0.15, 0.2) is 0 Å². The highest BCUT2D eigenvalue weighted by atomic mass is 35.5. The largest absolute Gasteiger partial charge is 0.347 e. The van der Waals surface area contributed by atoms with Gasteiger partial charge >= 0.3 is 0 Å². The maximum atomic E-state index is 12.9. The summed E-state index contributed by atoms with van der Waals surface area (Å²) in [5.41, 5.74) is 2.76. The summed E-state index contributed by atoms with van der Waals surface area (Å²) in [5.74, 6) is -0.536. The first kappa shape index (κ1) is 21.2. The quantitative estimate of drug-likeness (QED) is 0.592. The molecule has 6 nitrogen and oxygen atoms in total.